The number of unbranched alkanes of at least 4 members (excludes halogenated alkanes) is 1. The molecule has 0 radical (unpaired) electrons. The highest BCUT2D eigenvalue weighted by Gasteiger charge is 2.09. The van der Waals surface area contributed by atoms with Gasteiger partial charge < -0.3 is 10.4 Å². The second-order valence-corrected chi connectivity index (χ2v) is 4.94. The molecule has 1 rings (SSSR count). The van der Waals surface area contributed by atoms with Crippen LogP contribution in [0.4, 0.5) is 10.5 Å². The molecule has 0 spiro atoms. The molecule has 0 aromatic heterocycles. The maximum Gasteiger partial charge on any atom is 0.325 e. The van der Waals surface area contributed by atoms with Crippen molar-refractivity contribution >= 4 is 39.5 Å². The third-order valence-corrected chi connectivity index (χ3v) is 3.11. The van der Waals surface area contributed by atoms with Crippen LogP contribution < -0.4 is 10.6 Å². The van der Waals surface area contributed by atoms with Crippen LogP contribution in [-0.4, -0.2) is 23.0 Å². The van der Waals surface area contributed by atoms with Crippen molar-refractivity contribution in [3.05, 3.63) is 28.7 Å². The van der Waals surface area contributed by atoms with Crippen molar-refractivity contribution in [1.29, 1.82) is 0 Å². The summed E-state index contributed by atoms with van der Waals surface area (Å²) in [5.41, 5.74) is 0.559. The van der Waals surface area contributed by atoms with Gasteiger partial charge in [0.15, 0.2) is 0 Å². The van der Waals surface area contributed by atoms with Crippen LogP contribution in [0, 0.1) is 0 Å². The minimum absolute atomic E-state index is 0.0242. The molecule has 3 N–H and O–H groups in total. The first kappa shape index (κ1) is 16.2. The van der Waals surface area contributed by atoms with Crippen LogP contribution in [-0.2, 0) is 9.59 Å². The molecule has 0 saturated heterocycles. The van der Waals surface area contributed by atoms with Crippen LogP contribution in [0.25, 0.3) is 0 Å². The SMILES string of the molecule is O=C(O)CCCCC(=O)NC(=O)Nc1ccccc1Br. The Kier molecular flexibility index (Phi) is 6.72. The van der Waals surface area contributed by atoms with Crippen LogP contribution in [0.5, 0.6) is 0 Å². The lowest BCUT2D eigenvalue weighted by atomic mass is 10.2. The monoisotopic (exact) mass is 342 g/mol. The summed E-state index contributed by atoms with van der Waals surface area (Å²) >= 11 is 3.27. The number of carbonyl (C=O) groups excluding carboxylic acids is 2. The normalized spacial score (nSPS) is 9.85. The minimum Gasteiger partial charge on any atom is -0.481 e. The van der Waals surface area contributed by atoms with E-state index >= 15 is 0 Å². The first-order chi connectivity index (χ1) is 9.49. The highest BCUT2D eigenvalue weighted by Crippen LogP contribution is 2.20. The van der Waals surface area contributed by atoms with Gasteiger partial charge in [-0.2, -0.15) is 0 Å². The molecule has 0 atom stereocenters. The first-order valence-corrected chi connectivity index (χ1v) is 6.85. The fourth-order valence-electron chi connectivity index (χ4n) is 1.47. The Hall–Kier alpha value is -1.89. The molecule has 0 bridgehead atoms. The van der Waals surface area contributed by atoms with Gasteiger partial charge in [0.1, 0.15) is 0 Å². The van der Waals surface area contributed by atoms with E-state index in [2.05, 4.69) is 26.6 Å². The van der Waals surface area contributed by atoms with Gasteiger partial charge in [-0.05, 0) is 40.9 Å². The number of carboxylic acid groups (broad SMARTS) is 1. The van der Waals surface area contributed by atoms with Crippen LogP contribution in [0.1, 0.15) is 25.7 Å². The summed E-state index contributed by atoms with van der Waals surface area (Å²) in [6.07, 6.45) is 0.988. The van der Waals surface area contributed by atoms with Crippen LogP contribution in [0.3, 0.4) is 0 Å². The number of imide groups is 1. The summed E-state index contributed by atoms with van der Waals surface area (Å²) in [6.45, 7) is 0. The van der Waals surface area contributed by atoms with E-state index in [0.29, 0.717) is 23.0 Å². The number of aliphatic carboxylic acids is 1. The van der Waals surface area contributed by atoms with E-state index in [0.717, 1.165) is 0 Å². The van der Waals surface area contributed by atoms with E-state index in [1.807, 2.05) is 0 Å². The molecule has 108 valence electrons. The zero-order valence-corrected chi connectivity index (χ0v) is 12.3. The van der Waals surface area contributed by atoms with E-state index in [1.165, 1.54) is 0 Å². The number of amides is 3. The lowest BCUT2D eigenvalue weighted by Crippen LogP contribution is -2.34. The number of anilines is 1. The summed E-state index contributed by atoms with van der Waals surface area (Å²) in [5, 5.41) is 13.2. The Labute approximate surface area is 124 Å². The third-order valence-electron chi connectivity index (χ3n) is 2.42. The zero-order valence-electron chi connectivity index (χ0n) is 10.7. The number of carboxylic acids is 1. The van der Waals surface area contributed by atoms with Gasteiger partial charge in [-0.25, -0.2) is 4.79 Å². The number of hydrogen-bond acceptors (Lipinski definition) is 3. The van der Waals surface area contributed by atoms with Crippen molar-refractivity contribution in [3.63, 3.8) is 0 Å². The molecule has 0 unspecified atom stereocenters. The van der Waals surface area contributed by atoms with Crippen molar-refractivity contribution in [2.45, 2.75) is 25.7 Å². The summed E-state index contributed by atoms with van der Waals surface area (Å²) < 4.78 is 0.712. The first-order valence-electron chi connectivity index (χ1n) is 6.06. The number of nitrogens with one attached hydrogen (secondary N) is 2. The molecular weight excluding hydrogens is 328 g/mol. The maximum absolute atomic E-state index is 11.6. The Morgan fingerprint density at radius 1 is 1.10 bits per heavy atom. The molecule has 0 heterocycles. The molecule has 0 fully saturated rings. The lowest BCUT2D eigenvalue weighted by molar-refractivity contribution is -0.137. The van der Waals surface area contributed by atoms with Gasteiger partial charge in [-0.1, -0.05) is 12.1 Å². The van der Waals surface area contributed by atoms with Gasteiger partial charge in [0.2, 0.25) is 5.91 Å². The molecule has 0 aliphatic rings. The number of hydrogen-bond donors (Lipinski definition) is 3. The molecule has 1 aromatic carbocycles. The summed E-state index contributed by atoms with van der Waals surface area (Å²) in [6, 6.07) is 6.42. The van der Waals surface area contributed by atoms with E-state index in [9.17, 15) is 14.4 Å². The molecule has 20 heavy (non-hydrogen) atoms. The Morgan fingerprint density at radius 3 is 2.40 bits per heavy atom. The van der Waals surface area contributed by atoms with Crippen molar-refractivity contribution in [2.24, 2.45) is 0 Å². The Bertz CT molecular complexity index is 505. The number of benzene rings is 1. The maximum atomic E-state index is 11.6. The van der Waals surface area contributed by atoms with Gasteiger partial charge in [0, 0.05) is 17.3 Å². The lowest BCUT2D eigenvalue weighted by Gasteiger charge is -2.08. The second-order valence-electron chi connectivity index (χ2n) is 4.08. The molecular formula is C13H15BrN2O4. The second kappa shape index (κ2) is 8.31. The van der Waals surface area contributed by atoms with E-state index in [1.54, 1.807) is 24.3 Å². The minimum atomic E-state index is -0.892. The largest absolute Gasteiger partial charge is 0.481 e. The highest BCUT2D eigenvalue weighted by atomic mass is 79.9. The molecule has 0 aliphatic heterocycles. The van der Waals surface area contributed by atoms with E-state index in [4.69, 9.17) is 5.11 Å². The molecule has 3 amide bonds. The summed E-state index contributed by atoms with van der Waals surface area (Å²) in [4.78, 5) is 33.3. The van der Waals surface area contributed by atoms with Gasteiger partial charge in [0.25, 0.3) is 0 Å². The number of para-hydroxylation sites is 1. The molecule has 6 nitrogen and oxygen atoms in total. The van der Waals surface area contributed by atoms with Gasteiger partial charge in [0.05, 0.1) is 5.69 Å². The fraction of sp³-hybridized carbons (Fsp3) is 0.308. The zero-order chi connectivity index (χ0) is 15.0. The van der Waals surface area contributed by atoms with E-state index < -0.39 is 17.9 Å². The van der Waals surface area contributed by atoms with E-state index in [-0.39, 0.29) is 12.8 Å². The summed E-state index contributed by atoms with van der Waals surface area (Å²) in [7, 11) is 0. The fourth-order valence-corrected chi connectivity index (χ4v) is 1.85. The standard InChI is InChI=1S/C13H15BrN2O4/c14-9-5-1-2-6-10(9)15-13(20)16-11(17)7-3-4-8-12(18)19/h1-2,5-6H,3-4,7-8H2,(H,18,19)(H2,15,16,17,20). The van der Waals surface area contributed by atoms with Gasteiger partial charge in [-0.15, -0.1) is 0 Å². The number of urea groups is 1. The number of carbonyl (C=O) groups is 3. The predicted molar refractivity (Wildman–Crippen MR) is 77.4 cm³/mol. The van der Waals surface area contributed by atoms with Gasteiger partial charge in [-0.3, -0.25) is 14.9 Å². The van der Waals surface area contributed by atoms with Crippen LogP contribution in [0.15, 0.2) is 28.7 Å². The molecule has 0 saturated carbocycles. The number of rotatable bonds is 6. The predicted octanol–water partition coefficient (Wildman–Crippen LogP) is 2.74. The molecule has 0 aliphatic carbocycles. The topological polar surface area (TPSA) is 95.5 Å². The average molecular weight is 343 g/mol. The quantitative estimate of drug-likeness (QED) is 0.692. The molecule has 7 heteroatoms. The van der Waals surface area contributed by atoms with Crippen LogP contribution >= 0.6 is 15.9 Å². The number of halogens is 1. The van der Waals surface area contributed by atoms with Gasteiger partial charge >= 0.3 is 12.0 Å². The molecule has 1 aromatic rings. The highest BCUT2D eigenvalue weighted by molar-refractivity contribution is 9.10. The third kappa shape index (κ3) is 6.33. The Morgan fingerprint density at radius 2 is 1.75 bits per heavy atom. The van der Waals surface area contributed by atoms with Crippen molar-refractivity contribution in [2.75, 3.05) is 5.32 Å². The summed E-state index contributed by atoms with van der Waals surface area (Å²) in [5.74, 6) is -1.32. The van der Waals surface area contributed by atoms with Crippen molar-refractivity contribution < 1.29 is 19.5 Å². The van der Waals surface area contributed by atoms with Crippen molar-refractivity contribution in [3.8, 4) is 0 Å². The smallest absolute Gasteiger partial charge is 0.325 e. The van der Waals surface area contributed by atoms with Crippen LogP contribution in [0.2, 0.25) is 0 Å². The Balaban J connectivity index is 2.30. The van der Waals surface area contributed by atoms with Crippen molar-refractivity contribution in [1.82, 2.24) is 5.32 Å². The average Bonchev–Trinajstić information content (AvgIpc) is 2.37.